The van der Waals surface area contributed by atoms with E-state index in [4.69, 9.17) is 4.42 Å². The van der Waals surface area contributed by atoms with Gasteiger partial charge in [0.2, 0.25) is 5.89 Å². The summed E-state index contributed by atoms with van der Waals surface area (Å²) in [4.78, 5) is 4.38. The number of rotatable bonds is 2. The van der Waals surface area contributed by atoms with Crippen LogP contribution in [-0.2, 0) is 0 Å². The molecule has 1 aliphatic rings. The van der Waals surface area contributed by atoms with Gasteiger partial charge in [-0.2, -0.15) is 0 Å². The molecular formula is C17H16FNO2. The fourth-order valence-corrected chi connectivity index (χ4v) is 2.60. The molecule has 0 saturated carbocycles. The summed E-state index contributed by atoms with van der Waals surface area (Å²) in [5.74, 6) is 0.170. The number of phenolic OH excluding ortho intramolecular Hbond substituents is 1. The molecule has 0 spiro atoms. The molecule has 2 aromatic rings. The number of allylic oxidation sites excluding steroid dienone is 4. The second-order valence-corrected chi connectivity index (χ2v) is 5.33. The monoisotopic (exact) mass is 285 g/mol. The molecule has 21 heavy (non-hydrogen) atoms. The molecule has 4 heteroatoms. The number of aromatic hydroxyl groups is 1. The van der Waals surface area contributed by atoms with Gasteiger partial charge >= 0.3 is 0 Å². The van der Waals surface area contributed by atoms with Crippen molar-refractivity contribution in [3.63, 3.8) is 0 Å². The SMILES string of the molecule is C=Cc1cc(O)cc2nc(C3=CC=C(C)C(F)C3C)oc12. The van der Waals surface area contributed by atoms with Crippen LogP contribution in [-0.4, -0.2) is 16.3 Å². The van der Waals surface area contributed by atoms with Crippen LogP contribution in [0.4, 0.5) is 4.39 Å². The number of alkyl halides is 1. The van der Waals surface area contributed by atoms with Gasteiger partial charge in [-0.3, -0.25) is 0 Å². The quantitative estimate of drug-likeness (QED) is 0.884. The van der Waals surface area contributed by atoms with Crippen LogP contribution in [0.15, 0.2) is 40.9 Å². The van der Waals surface area contributed by atoms with Crippen molar-refractivity contribution >= 4 is 22.7 Å². The van der Waals surface area contributed by atoms with Crippen molar-refractivity contribution in [2.75, 3.05) is 0 Å². The lowest BCUT2D eigenvalue weighted by atomic mass is 9.87. The Morgan fingerprint density at radius 1 is 1.38 bits per heavy atom. The second-order valence-electron chi connectivity index (χ2n) is 5.33. The molecule has 1 aliphatic carbocycles. The number of benzene rings is 1. The molecule has 0 radical (unpaired) electrons. The van der Waals surface area contributed by atoms with Gasteiger partial charge in [0.1, 0.15) is 17.4 Å². The molecule has 1 N–H and O–H groups in total. The van der Waals surface area contributed by atoms with Crippen molar-refractivity contribution in [3.05, 3.63) is 47.9 Å². The smallest absolute Gasteiger partial charge is 0.223 e. The van der Waals surface area contributed by atoms with Crippen LogP contribution in [0.1, 0.15) is 25.3 Å². The number of hydrogen-bond donors (Lipinski definition) is 1. The minimum Gasteiger partial charge on any atom is -0.508 e. The summed E-state index contributed by atoms with van der Waals surface area (Å²) >= 11 is 0. The summed E-state index contributed by atoms with van der Waals surface area (Å²) in [5, 5.41) is 9.68. The zero-order valence-corrected chi connectivity index (χ0v) is 11.9. The lowest BCUT2D eigenvalue weighted by Gasteiger charge is -2.22. The van der Waals surface area contributed by atoms with Gasteiger partial charge in [0.15, 0.2) is 5.58 Å². The lowest BCUT2D eigenvalue weighted by molar-refractivity contribution is 0.320. The van der Waals surface area contributed by atoms with Crippen molar-refractivity contribution < 1.29 is 13.9 Å². The third kappa shape index (κ3) is 2.17. The summed E-state index contributed by atoms with van der Waals surface area (Å²) < 4.78 is 19.9. The molecule has 0 bridgehead atoms. The minimum absolute atomic E-state index is 0.0991. The van der Waals surface area contributed by atoms with E-state index in [1.807, 2.05) is 13.0 Å². The average molecular weight is 285 g/mol. The zero-order valence-electron chi connectivity index (χ0n) is 11.9. The highest BCUT2D eigenvalue weighted by Gasteiger charge is 2.28. The molecule has 1 aromatic heterocycles. The van der Waals surface area contributed by atoms with Crippen molar-refractivity contribution in [1.29, 1.82) is 0 Å². The van der Waals surface area contributed by atoms with Crippen molar-refractivity contribution in [1.82, 2.24) is 4.98 Å². The molecule has 0 aliphatic heterocycles. The molecule has 1 heterocycles. The minimum atomic E-state index is -1.03. The number of aromatic nitrogens is 1. The molecule has 2 unspecified atom stereocenters. The van der Waals surface area contributed by atoms with Gasteiger partial charge < -0.3 is 9.52 Å². The Morgan fingerprint density at radius 3 is 2.86 bits per heavy atom. The number of fused-ring (bicyclic) bond motifs is 1. The van der Waals surface area contributed by atoms with E-state index in [0.717, 1.165) is 5.57 Å². The van der Waals surface area contributed by atoms with Gasteiger partial charge in [0.25, 0.3) is 0 Å². The molecular weight excluding hydrogens is 269 g/mol. The second kappa shape index (κ2) is 4.88. The molecule has 2 atom stereocenters. The van der Waals surface area contributed by atoms with Crippen LogP contribution in [0.3, 0.4) is 0 Å². The zero-order chi connectivity index (χ0) is 15.1. The van der Waals surface area contributed by atoms with Gasteiger partial charge in [-0.1, -0.05) is 31.7 Å². The summed E-state index contributed by atoms with van der Waals surface area (Å²) in [5.41, 5.74) is 3.17. The van der Waals surface area contributed by atoms with E-state index in [1.54, 1.807) is 25.1 Å². The van der Waals surface area contributed by atoms with Gasteiger partial charge in [0, 0.05) is 23.1 Å². The van der Waals surface area contributed by atoms with Crippen molar-refractivity contribution in [2.45, 2.75) is 20.0 Å². The Balaban J connectivity index is 2.16. The van der Waals surface area contributed by atoms with Gasteiger partial charge in [-0.05, 0) is 18.6 Å². The summed E-state index contributed by atoms with van der Waals surface area (Å²) in [7, 11) is 0. The topological polar surface area (TPSA) is 46.3 Å². The predicted octanol–water partition coefficient (Wildman–Crippen LogP) is 4.49. The standard InChI is InChI=1S/C17H16FNO2/c1-4-11-7-12(20)8-14-16(11)21-17(19-14)13-6-5-9(2)15(18)10(13)3/h4-8,10,15,20H,1H2,2-3H3. The summed E-state index contributed by atoms with van der Waals surface area (Å²) in [6.45, 7) is 7.28. The van der Waals surface area contributed by atoms with Crippen molar-refractivity contribution in [3.8, 4) is 5.75 Å². The first kappa shape index (κ1) is 13.6. The third-order valence-electron chi connectivity index (χ3n) is 3.86. The van der Waals surface area contributed by atoms with Crippen LogP contribution in [0.2, 0.25) is 0 Å². The summed E-state index contributed by atoms with van der Waals surface area (Å²) in [6, 6.07) is 3.09. The molecule has 0 saturated heterocycles. The first-order valence-corrected chi connectivity index (χ1v) is 6.80. The maximum Gasteiger partial charge on any atom is 0.223 e. The number of oxazole rings is 1. The van der Waals surface area contributed by atoms with E-state index in [0.29, 0.717) is 28.1 Å². The molecule has 3 nitrogen and oxygen atoms in total. The molecule has 3 rings (SSSR count). The van der Waals surface area contributed by atoms with Gasteiger partial charge in [-0.15, -0.1) is 0 Å². The molecule has 0 fully saturated rings. The van der Waals surface area contributed by atoms with Crippen molar-refractivity contribution in [2.24, 2.45) is 5.92 Å². The van der Waals surface area contributed by atoms with Gasteiger partial charge in [0.05, 0.1) is 0 Å². The summed E-state index contributed by atoms with van der Waals surface area (Å²) in [6.07, 6.45) is 4.15. The van der Waals surface area contributed by atoms with E-state index in [-0.39, 0.29) is 11.7 Å². The van der Waals surface area contributed by atoms with Gasteiger partial charge in [-0.25, -0.2) is 9.37 Å². The number of phenols is 1. The Bertz CT molecular complexity index is 785. The van der Waals surface area contributed by atoms with E-state index in [1.165, 1.54) is 6.07 Å². The van der Waals surface area contributed by atoms with E-state index >= 15 is 0 Å². The highest BCUT2D eigenvalue weighted by molar-refractivity contribution is 5.86. The maximum absolute atomic E-state index is 14.1. The van der Waals surface area contributed by atoms with E-state index in [9.17, 15) is 9.50 Å². The average Bonchev–Trinajstić information content (AvgIpc) is 2.87. The fourth-order valence-electron chi connectivity index (χ4n) is 2.60. The Labute approximate surface area is 122 Å². The molecule has 1 aromatic carbocycles. The van der Waals surface area contributed by atoms with Crippen LogP contribution >= 0.6 is 0 Å². The highest BCUT2D eigenvalue weighted by atomic mass is 19.1. The Kier molecular flexibility index (Phi) is 3.16. The first-order chi connectivity index (χ1) is 10.0. The number of hydrogen-bond acceptors (Lipinski definition) is 3. The van der Waals surface area contributed by atoms with Crippen LogP contribution in [0.25, 0.3) is 22.7 Å². The van der Waals surface area contributed by atoms with E-state index < -0.39 is 6.17 Å². The normalized spacial score (nSPS) is 22.0. The first-order valence-electron chi connectivity index (χ1n) is 6.80. The maximum atomic E-state index is 14.1. The van der Waals surface area contributed by atoms with Crippen LogP contribution in [0, 0.1) is 5.92 Å². The van der Waals surface area contributed by atoms with Crippen LogP contribution < -0.4 is 0 Å². The lowest BCUT2D eigenvalue weighted by Crippen LogP contribution is -2.18. The van der Waals surface area contributed by atoms with Crippen LogP contribution in [0.5, 0.6) is 5.75 Å². The number of halogens is 1. The predicted molar refractivity (Wildman–Crippen MR) is 81.6 cm³/mol. The Morgan fingerprint density at radius 2 is 2.14 bits per heavy atom. The van der Waals surface area contributed by atoms with E-state index in [2.05, 4.69) is 11.6 Å². The largest absolute Gasteiger partial charge is 0.508 e. The fraction of sp³-hybridized carbons (Fsp3) is 0.235. The Hall–Kier alpha value is -2.36. The highest BCUT2D eigenvalue weighted by Crippen LogP contribution is 2.36. The number of nitrogens with zero attached hydrogens (tertiary/aromatic N) is 1. The molecule has 108 valence electrons. The third-order valence-corrected chi connectivity index (χ3v) is 3.86. The molecule has 0 amide bonds.